The summed E-state index contributed by atoms with van der Waals surface area (Å²) >= 11 is 1.74. The Morgan fingerprint density at radius 1 is 1.24 bits per heavy atom. The molecule has 0 saturated heterocycles. The number of carbonyl (C=O) groups is 1. The Hall–Kier alpha value is -1.20. The van der Waals surface area contributed by atoms with Crippen LogP contribution >= 0.6 is 11.8 Å². The van der Waals surface area contributed by atoms with Gasteiger partial charge in [0, 0.05) is 16.2 Å². The molecule has 0 aromatic heterocycles. The lowest BCUT2D eigenvalue weighted by Crippen LogP contribution is -2.40. The molecule has 1 fully saturated rings. The van der Waals surface area contributed by atoms with Crippen LogP contribution in [0.5, 0.6) is 0 Å². The number of aliphatic hydroxyl groups is 1. The highest BCUT2D eigenvalue weighted by atomic mass is 32.2. The van der Waals surface area contributed by atoms with E-state index in [9.17, 15) is 9.90 Å². The van der Waals surface area contributed by atoms with Gasteiger partial charge in [-0.05, 0) is 37.8 Å². The Morgan fingerprint density at radius 3 is 2.57 bits per heavy atom. The topological polar surface area (TPSA) is 61.4 Å². The van der Waals surface area contributed by atoms with E-state index in [2.05, 4.69) is 24.5 Å². The van der Waals surface area contributed by atoms with Gasteiger partial charge in [-0.2, -0.15) is 0 Å². The van der Waals surface area contributed by atoms with Crippen molar-refractivity contribution in [1.82, 2.24) is 5.32 Å². The molecule has 0 spiro atoms. The van der Waals surface area contributed by atoms with Crippen LogP contribution in [0, 0.1) is 0 Å². The predicted octanol–water partition coefficient (Wildman–Crippen LogP) is 3.61. The van der Waals surface area contributed by atoms with Crippen molar-refractivity contribution in [3.63, 3.8) is 0 Å². The number of thioether (sulfide) groups is 1. The first-order chi connectivity index (χ1) is 10.0. The molecule has 1 saturated carbocycles. The van der Waals surface area contributed by atoms with Crippen LogP contribution in [-0.2, 0) is 0 Å². The van der Waals surface area contributed by atoms with Crippen LogP contribution in [0.3, 0.4) is 0 Å². The normalized spacial score (nSPS) is 22.1. The first kappa shape index (κ1) is 16.2. The van der Waals surface area contributed by atoms with Gasteiger partial charge in [-0.3, -0.25) is 0 Å². The third-order valence-electron chi connectivity index (χ3n) is 3.53. The average molecular weight is 308 g/mol. The molecular formula is C16H24N2O2S. The number of aliphatic hydroxyl groups excluding tert-OH is 1. The molecule has 0 unspecified atom stereocenters. The number of anilines is 1. The largest absolute Gasteiger partial charge is 0.393 e. The Bertz CT molecular complexity index is 471. The van der Waals surface area contributed by atoms with Crippen molar-refractivity contribution in [3.05, 3.63) is 24.3 Å². The quantitative estimate of drug-likeness (QED) is 0.745. The monoisotopic (exact) mass is 308 g/mol. The number of urea groups is 1. The molecular weight excluding hydrogens is 284 g/mol. The van der Waals surface area contributed by atoms with E-state index >= 15 is 0 Å². The van der Waals surface area contributed by atoms with Crippen molar-refractivity contribution >= 4 is 23.5 Å². The molecule has 1 aliphatic rings. The average Bonchev–Trinajstić information content (AvgIpc) is 2.43. The van der Waals surface area contributed by atoms with Crippen molar-refractivity contribution in [1.29, 1.82) is 0 Å². The van der Waals surface area contributed by atoms with Gasteiger partial charge in [-0.25, -0.2) is 4.79 Å². The third-order valence-corrected chi connectivity index (χ3v) is 4.61. The molecule has 1 aromatic rings. The van der Waals surface area contributed by atoms with Crippen LogP contribution in [0.15, 0.2) is 29.2 Å². The summed E-state index contributed by atoms with van der Waals surface area (Å²) in [6, 6.07) is 7.87. The number of para-hydroxylation sites is 1. The summed E-state index contributed by atoms with van der Waals surface area (Å²) in [6.45, 7) is 4.27. The molecule has 21 heavy (non-hydrogen) atoms. The molecule has 5 heteroatoms. The summed E-state index contributed by atoms with van der Waals surface area (Å²) in [5.41, 5.74) is 0.851. The highest BCUT2D eigenvalue weighted by Gasteiger charge is 2.21. The fourth-order valence-electron chi connectivity index (χ4n) is 2.49. The maximum absolute atomic E-state index is 12.1. The molecule has 0 bridgehead atoms. The van der Waals surface area contributed by atoms with Crippen LogP contribution in [0.4, 0.5) is 10.5 Å². The highest BCUT2D eigenvalue weighted by Crippen LogP contribution is 2.30. The summed E-state index contributed by atoms with van der Waals surface area (Å²) in [6.07, 6.45) is 3.03. The fraction of sp³-hybridized carbons (Fsp3) is 0.562. The van der Waals surface area contributed by atoms with Crippen molar-refractivity contribution in [3.8, 4) is 0 Å². The maximum atomic E-state index is 12.1. The Morgan fingerprint density at radius 2 is 1.90 bits per heavy atom. The number of carbonyl (C=O) groups excluding carboxylic acids is 1. The van der Waals surface area contributed by atoms with Gasteiger partial charge in [0.25, 0.3) is 0 Å². The van der Waals surface area contributed by atoms with Gasteiger partial charge in [0.05, 0.1) is 11.8 Å². The molecule has 2 rings (SSSR count). The number of hydrogen-bond acceptors (Lipinski definition) is 3. The lowest BCUT2D eigenvalue weighted by molar-refractivity contribution is 0.118. The standard InChI is InChI=1S/C16H24N2O2S/c1-11(2)21-15-6-4-3-5-14(15)18-16(20)17-12-7-9-13(19)10-8-12/h3-6,11-13,19H,7-10H2,1-2H3,(H2,17,18,20). The summed E-state index contributed by atoms with van der Waals surface area (Å²) in [5.74, 6) is 0. The first-order valence-corrected chi connectivity index (χ1v) is 8.44. The van der Waals surface area contributed by atoms with Crippen LogP contribution in [0.25, 0.3) is 0 Å². The molecule has 1 aliphatic carbocycles. The third kappa shape index (κ3) is 5.25. The van der Waals surface area contributed by atoms with Gasteiger partial charge < -0.3 is 15.7 Å². The molecule has 0 heterocycles. The van der Waals surface area contributed by atoms with Crippen LogP contribution in [-0.4, -0.2) is 28.5 Å². The Balaban J connectivity index is 1.90. The first-order valence-electron chi connectivity index (χ1n) is 7.56. The van der Waals surface area contributed by atoms with E-state index in [-0.39, 0.29) is 18.2 Å². The van der Waals surface area contributed by atoms with Crippen LogP contribution in [0.1, 0.15) is 39.5 Å². The number of hydrogen-bond donors (Lipinski definition) is 3. The minimum atomic E-state index is -0.200. The predicted molar refractivity (Wildman–Crippen MR) is 87.9 cm³/mol. The molecule has 3 N–H and O–H groups in total. The summed E-state index contributed by atoms with van der Waals surface area (Å²) in [7, 11) is 0. The van der Waals surface area contributed by atoms with E-state index in [0.717, 1.165) is 36.3 Å². The Kier molecular flexibility index (Phi) is 5.94. The number of amides is 2. The molecule has 0 aliphatic heterocycles. The van der Waals surface area contributed by atoms with Gasteiger partial charge in [0.1, 0.15) is 0 Å². The van der Waals surface area contributed by atoms with Gasteiger partial charge in [-0.15, -0.1) is 11.8 Å². The van der Waals surface area contributed by atoms with Gasteiger partial charge >= 0.3 is 6.03 Å². The highest BCUT2D eigenvalue weighted by molar-refractivity contribution is 8.00. The van der Waals surface area contributed by atoms with E-state index in [1.165, 1.54) is 0 Å². The maximum Gasteiger partial charge on any atom is 0.319 e. The summed E-state index contributed by atoms with van der Waals surface area (Å²) in [4.78, 5) is 13.2. The second-order valence-electron chi connectivity index (χ2n) is 5.77. The lowest BCUT2D eigenvalue weighted by Gasteiger charge is -2.26. The van der Waals surface area contributed by atoms with Gasteiger partial charge in [0.2, 0.25) is 0 Å². The summed E-state index contributed by atoms with van der Waals surface area (Å²) < 4.78 is 0. The van der Waals surface area contributed by atoms with Gasteiger partial charge in [0.15, 0.2) is 0 Å². The number of benzene rings is 1. The molecule has 116 valence electrons. The molecule has 0 atom stereocenters. The van der Waals surface area contributed by atoms with E-state index in [0.29, 0.717) is 5.25 Å². The minimum Gasteiger partial charge on any atom is -0.393 e. The fourth-order valence-corrected chi connectivity index (χ4v) is 3.40. The van der Waals surface area contributed by atoms with E-state index in [1.807, 2.05) is 24.3 Å². The second kappa shape index (κ2) is 7.71. The van der Waals surface area contributed by atoms with Crippen molar-refractivity contribution < 1.29 is 9.90 Å². The van der Waals surface area contributed by atoms with Crippen LogP contribution in [0.2, 0.25) is 0 Å². The smallest absolute Gasteiger partial charge is 0.319 e. The van der Waals surface area contributed by atoms with Crippen molar-refractivity contribution in [2.24, 2.45) is 0 Å². The Labute approximate surface area is 130 Å². The second-order valence-corrected chi connectivity index (χ2v) is 7.39. The molecule has 0 radical (unpaired) electrons. The minimum absolute atomic E-state index is 0.159. The van der Waals surface area contributed by atoms with E-state index < -0.39 is 0 Å². The lowest BCUT2D eigenvalue weighted by atomic mass is 9.93. The SMILES string of the molecule is CC(C)Sc1ccccc1NC(=O)NC1CCC(O)CC1. The van der Waals surface area contributed by atoms with E-state index in [1.54, 1.807) is 11.8 Å². The van der Waals surface area contributed by atoms with Gasteiger partial charge in [-0.1, -0.05) is 26.0 Å². The van der Waals surface area contributed by atoms with Crippen molar-refractivity contribution in [2.75, 3.05) is 5.32 Å². The van der Waals surface area contributed by atoms with Crippen LogP contribution < -0.4 is 10.6 Å². The molecule has 4 nitrogen and oxygen atoms in total. The zero-order valence-electron chi connectivity index (χ0n) is 12.6. The number of nitrogens with one attached hydrogen (secondary N) is 2. The zero-order valence-corrected chi connectivity index (χ0v) is 13.5. The molecule has 1 aromatic carbocycles. The van der Waals surface area contributed by atoms with Crippen molar-refractivity contribution in [2.45, 2.75) is 61.8 Å². The molecule has 2 amide bonds. The zero-order chi connectivity index (χ0) is 15.2. The van der Waals surface area contributed by atoms with E-state index in [4.69, 9.17) is 0 Å². The summed E-state index contributed by atoms with van der Waals surface area (Å²) in [5, 5.41) is 15.9. The number of rotatable bonds is 4.